The molecule has 0 fully saturated rings. The number of hydrogen-bond acceptors (Lipinski definition) is 7. The predicted molar refractivity (Wildman–Crippen MR) is 154 cm³/mol. The molecule has 10 nitrogen and oxygen atoms in total. The highest BCUT2D eigenvalue weighted by Crippen LogP contribution is 2.35. The lowest BCUT2D eigenvalue weighted by atomic mass is 9.95. The van der Waals surface area contributed by atoms with E-state index in [1.807, 2.05) is 0 Å². The number of fused-ring (bicyclic) bond motifs is 2. The maximum atomic E-state index is 13.3. The maximum Gasteiger partial charge on any atom is 0.326 e. The first-order valence-corrected chi connectivity index (χ1v) is 15.2. The van der Waals surface area contributed by atoms with E-state index in [9.17, 15) is 32.7 Å². The average Bonchev–Trinajstić information content (AvgIpc) is 3.41. The second-order valence-corrected chi connectivity index (χ2v) is 12.5. The van der Waals surface area contributed by atoms with Gasteiger partial charge in [0.25, 0.3) is 17.7 Å². The quantitative estimate of drug-likeness (QED) is 0.286. The molecule has 4 aromatic rings. The van der Waals surface area contributed by atoms with Gasteiger partial charge < -0.3 is 14.8 Å². The van der Waals surface area contributed by atoms with Crippen LogP contribution in [-0.2, 0) is 27.5 Å². The Kier molecular flexibility index (Phi) is 7.84. The SMILES string of the molecule is CS(=O)(=O)c1cccc(CC(NC(=O)c2c(Cl)cc3c(c2Cl)CCN(C(=O)c2ccc4ccoc4c2)C3=O)C(=O)O)c1. The van der Waals surface area contributed by atoms with Gasteiger partial charge in [0.05, 0.1) is 26.8 Å². The summed E-state index contributed by atoms with van der Waals surface area (Å²) in [5.41, 5.74) is 1.25. The van der Waals surface area contributed by atoms with E-state index in [4.69, 9.17) is 27.6 Å². The van der Waals surface area contributed by atoms with Gasteiger partial charge in [-0.1, -0.05) is 41.4 Å². The topological polar surface area (TPSA) is 151 Å². The summed E-state index contributed by atoms with van der Waals surface area (Å²) >= 11 is 12.9. The number of carboxylic acids is 1. The van der Waals surface area contributed by atoms with Crippen molar-refractivity contribution in [3.8, 4) is 0 Å². The van der Waals surface area contributed by atoms with Crippen molar-refractivity contribution in [3.05, 3.63) is 98.7 Å². The molecule has 0 aliphatic carbocycles. The molecule has 0 bridgehead atoms. The smallest absolute Gasteiger partial charge is 0.326 e. The Labute approximate surface area is 249 Å². The van der Waals surface area contributed by atoms with Gasteiger partial charge in [0.1, 0.15) is 11.6 Å². The van der Waals surface area contributed by atoms with E-state index in [1.165, 1.54) is 30.5 Å². The van der Waals surface area contributed by atoms with Crippen LogP contribution in [0.1, 0.15) is 42.2 Å². The number of aliphatic carboxylic acids is 1. The van der Waals surface area contributed by atoms with Crippen LogP contribution < -0.4 is 5.32 Å². The predicted octanol–water partition coefficient (Wildman–Crippen LogP) is 4.41. The summed E-state index contributed by atoms with van der Waals surface area (Å²) in [4.78, 5) is 52.8. The highest BCUT2D eigenvalue weighted by molar-refractivity contribution is 7.90. The lowest BCUT2D eigenvalue weighted by Crippen LogP contribution is -2.43. The number of nitrogens with one attached hydrogen (secondary N) is 1. The lowest BCUT2D eigenvalue weighted by Gasteiger charge is -2.28. The number of hydrogen-bond donors (Lipinski definition) is 2. The standard InChI is InChI=1S/C29H22Cl2N2O8S/c1-42(39,40)18-4-2-3-15(11-18)12-22(29(37)38)32-26(34)24-21(30)14-20-19(25(24)31)7-9-33(28(20)36)27(35)17-6-5-16-8-10-41-23(16)13-17/h2-6,8,10-11,13-14,22H,7,9,12H2,1H3,(H,32,34)(H,37,38). The van der Waals surface area contributed by atoms with Crippen molar-refractivity contribution in [2.75, 3.05) is 12.8 Å². The highest BCUT2D eigenvalue weighted by atomic mass is 35.5. The zero-order valence-electron chi connectivity index (χ0n) is 21.9. The number of sulfone groups is 1. The molecule has 1 unspecified atom stereocenters. The first-order chi connectivity index (χ1) is 19.8. The fourth-order valence-electron chi connectivity index (χ4n) is 4.78. The minimum absolute atomic E-state index is 0.00921. The van der Waals surface area contributed by atoms with Crippen molar-refractivity contribution in [1.29, 1.82) is 0 Å². The van der Waals surface area contributed by atoms with Crippen LogP contribution in [0.15, 0.2) is 70.2 Å². The molecule has 5 rings (SSSR count). The molecule has 1 aliphatic heterocycles. The number of nitrogens with zero attached hydrogens (tertiary/aromatic N) is 1. The number of halogens is 2. The van der Waals surface area contributed by atoms with Gasteiger partial charge in [-0.05, 0) is 53.9 Å². The normalized spacial score (nSPS) is 14.0. The Hall–Kier alpha value is -4.19. The number of benzene rings is 3. The van der Waals surface area contributed by atoms with Crippen molar-refractivity contribution in [3.63, 3.8) is 0 Å². The average molecular weight is 629 g/mol. The number of carbonyl (C=O) groups excluding carboxylic acids is 3. The van der Waals surface area contributed by atoms with Crippen molar-refractivity contribution < 1.29 is 37.1 Å². The second kappa shape index (κ2) is 11.2. The van der Waals surface area contributed by atoms with E-state index in [0.717, 1.165) is 16.5 Å². The molecule has 1 aromatic heterocycles. The largest absolute Gasteiger partial charge is 0.480 e. The number of amides is 3. The van der Waals surface area contributed by atoms with Crippen molar-refractivity contribution in [2.24, 2.45) is 0 Å². The van der Waals surface area contributed by atoms with Gasteiger partial charge in [0.15, 0.2) is 9.84 Å². The van der Waals surface area contributed by atoms with Crippen LogP contribution in [0.25, 0.3) is 11.0 Å². The molecule has 2 heterocycles. The molecule has 42 heavy (non-hydrogen) atoms. The molecule has 0 saturated carbocycles. The Balaban J connectivity index is 1.38. The van der Waals surface area contributed by atoms with E-state index in [2.05, 4.69) is 5.32 Å². The van der Waals surface area contributed by atoms with Crippen LogP contribution in [0.4, 0.5) is 0 Å². The summed E-state index contributed by atoms with van der Waals surface area (Å²) < 4.78 is 29.1. The third kappa shape index (κ3) is 5.63. The Bertz CT molecular complexity index is 1900. The van der Waals surface area contributed by atoms with E-state index >= 15 is 0 Å². The van der Waals surface area contributed by atoms with Gasteiger partial charge in [0, 0.05) is 35.7 Å². The van der Waals surface area contributed by atoms with Crippen molar-refractivity contribution in [2.45, 2.75) is 23.8 Å². The number of rotatable bonds is 7. The maximum absolute atomic E-state index is 13.3. The third-order valence-electron chi connectivity index (χ3n) is 6.93. The van der Waals surface area contributed by atoms with E-state index in [0.29, 0.717) is 16.7 Å². The molecule has 2 N–H and O–H groups in total. The van der Waals surface area contributed by atoms with Crippen LogP contribution in [0, 0.1) is 0 Å². The molecule has 1 aliphatic rings. The summed E-state index contributed by atoms with van der Waals surface area (Å²) in [6.07, 6.45) is 2.44. The van der Waals surface area contributed by atoms with Crippen LogP contribution in [-0.4, -0.2) is 61.0 Å². The first kappa shape index (κ1) is 29.3. The van der Waals surface area contributed by atoms with Gasteiger partial charge in [-0.25, -0.2) is 13.2 Å². The molecule has 216 valence electrons. The van der Waals surface area contributed by atoms with Crippen molar-refractivity contribution in [1.82, 2.24) is 10.2 Å². The molecular formula is C29H22Cl2N2O8S. The van der Waals surface area contributed by atoms with Crippen LogP contribution in [0.5, 0.6) is 0 Å². The second-order valence-electron chi connectivity index (χ2n) is 9.75. The summed E-state index contributed by atoms with van der Waals surface area (Å²) in [6.45, 7) is -0.0162. The van der Waals surface area contributed by atoms with Gasteiger partial charge in [0.2, 0.25) is 0 Å². The number of furan rings is 1. The molecule has 0 spiro atoms. The van der Waals surface area contributed by atoms with Gasteiger partial charge in [-0.3, -0.25) is 19.3 Å². The van der Waals surface area contributed by atoms with Gasteiger partial charge in [-0.2, -0.15) is 0 Å². The first-order valence-electron chi connectivity index (χ1n) is 12.5. The minimum atomic E-state index is -3.53. The Morgan fingerprint density at radius 1 is 1.10 bits per heavy atom. The lowest BCUT2D eigenvalue weighted by molar-refractivity contribution is -0.139. The molecule has 3 amide bonds. The zero-order valence-corrected chi connectivity index (χ0v) is 24.2. The molecule has 0 radical (unpaired) electrons. The Morgan fingerprint density at radius 3 is 2.57 bits per heavy atom. The Morgan fingerprint density at radius 2 is 1.86 bits per heavy atom. The number of carbonyl (C=O) groups is 4. The summed E-state index contributed by atoms with van der Waals surface area (Å²) in [6, 6.07) is 12.1. The van der Waals surface area contributed by atoms with Crippen LogP contribution in [0.3, 0.4) is 0 Å². The van der Waals surface area contributed by atoms with Gasteiger partial charge >= 0.3 is 5.97 Å². The summed E-state index contributed by atoms with van der Waals surface area (Å²) in [5, 5.41) is 12.6. The minimum Gasteiger partial charge on any atom is -0.480 e. The molecule has 1 atom stereocenters. The highest BCUT2D eigenvalue weighted by Gasteiger charge is 2.34. The monoisotopic (exact) mass is 628 g/mol. The summed E-state index contributed by atoms with van der Waals surface area (Å²) in [5.74, 6) is -3.44. The number of carboxylic acid groups (broad SMARTS) is 1. The fourth-order valence-corrected chi connectivity index (χ4v) is 6.19. The molecular weight excluding hydrogens is 607 g/mol. The van der Waals surface area contributed by atoms with E-state index < -0.39 is 39.6 Å². The molecule has 13 heteroatoms. The summed E-state index contributed by atoms with van der Waals surface area (Å²) in [7, 11) is -3.53. The van der Waals surface area contributed by atoms with Crippen LogP contribution in [0.2, 0.25) is 10.0 Å². The third-order valence-corrected chi connectivity index (χ3v) is 8.75. The van der Waals surface area contributed by atoms with Crippen molar-refractivity contribution >= 4 is 67.7 Å². The molecule has 3 aromatic carbocycles. The molecule has 0 saturated heterocycles. The fraction of sp³-hybridized carbons (Fsp3) is 0.172. The van der Waals surface area contributed by atoms with Gasteiger partial charge in [-0.15, -0.1) is 0 Å². The van der Waals surface area contributed by atoms with Crippen LogP contribution >= 0.6 is 23.2 Å². The van der Waals surface area contributed by atoms with E-state index in [-0.39, 0.29) is 51.0 Å². The number of imide groups is 1. The van der Waals surface area contributed by atoms with E-state index in [1.54, 1.807) is 30.3 Å². The zero-order chi connectivity index (χ0) is 30.3.